The Morgan fingerprint density at radius 2 is 1.81 bits per heavy atom. The molecule has 0 radical (unpaired) electrons. The number of ether oxygens (including phenoxy) is 1. The summed E-state index contributed by atoms with van der Waals surface area (Å²) in [7, 11) is 1.61. The number of nitrogens with zero attached hydrogens (tertiary/aromatic N) is 1. The molecule has 2 aromatic carbocycles. The molecule has 0 aliphatic heterocycles. The van der Waals surface area contributed by atoms with E-state index in [9.17, 15) is 4.79 Å². The number of nitrogens with one attached hydrogen (secondary N) is 1. The van der Waals surface area contributed by atoms with E-state index in [2.05, 4.69) is 10.3 Å². The number of para-hydroxylation sites is 1. The number of rotatable bonds is 5. The number of carbonyl (C=O) groups is 1. The summed E-state index contributed by atoms with van der Waals surface area (Å²) < 4.78 is 5.36. The van der Waals surface area contributed by atoms with Crippen molar-refractivity contribution in [3.05, 3.63) is 83.1 Å². The summed E-state index contributed by atoms with van der Waals surface area (Å²) in [5, 5.41) is 3.38. The van der Waals surface area contributed by atoms with Crippen LogP contribution in [0.3, 0.4) is 0 Å². The van der Waals surface area contributed by atoms with Crippen LogP contribution < -0.4 is 10.1 Å². The third-order valence-corrected chi connectivity index (χ3v) is 4.49. The van der Waals surface area contributed by atoms with E-state index in [4.69, 9.17) is 16.3 Å². The first-order chi connectivity index (χ1) is 12.6. The second-order valence-corrected chi connectivity index (χ2v) is 6.27. The molecular weight excluding hydrogens is 348 g/mol. The van der Waals surface area contributed by atoms with Crippen LogP contribution in [0.25, 0.3) is 11.1 Å². The Kier molecular flexibility index (Phi) is 5.54. The van der Waals surface area contributed by atoms with Gasteiger partial charge in [0.2, 0.25) is 0 Å². The maximum absolute atomic E-state index is 12.7. The van der Waals surface area contributed by atoms with Crippen LogP contribution in [-0.4, -0.2) is 18.0 Å². The predicted octanol–water partition coefficient (Wildman–Crippen LogP) is 4.90. The molecule has 4 nitrogen and oxygen atoms in total. The lowest BCUT2D eigenvalue weighted by atomic mass is 10.0. The quantitative estimate of drug-likeness (QED) is 0.698. The summed E-state index contributed by atoms with van der Waals surface area (Å²) in [6.45, 7) is 1.91. The Balaban J connectivity index is 1.80. The zero-order chi connectivity index (χ0) is 18.5. The van der Waals surface area contributed by atoms with Crippen molar-refractivity contribution >= 4 is 17.5 Å². The monoisotopic (exact) mass is 366 g/mol. The van der Waals surface area contributed by atoms with Gasteiger partial charge in [-0.2, -0.15) is 0 Å². The van der Waals surface area contributed by atoms with Gasteiger partial charge in [0.1, 0.15) is 5.75 Å². The Morgan fingerprint density at radius 3 is 2.50 bits per heavy atom. The fourth-order valence-corrected chi connectivity index (χ4v) is 3.07. The standard InChI is InChI=1S/C21H19ClN2O2/c1-14(17-5-3-4-6-20(17)26-2)24-21(25)18-8-7-16(13-19(18)22)15-9-11-23-12-10-15/h3-14H,1-2H3,(H,24,25)/t14-/m1/s1. The van der Waals surface area contributed by atoms with Crippen molar-refractivity contribution in [2.75, 3.05) is 7.11 Å². The minimum absolute atomic E-state index is 0.213. The minimum Gasteiger partial charge on any atom is -0.496 e. The summed E-state index contributed by atoms with van der Waals surface area (Å²) >= 11 is 6.36. The molecule has 0 saturated carbocycles. The molecule has 1 aromatic heterocycles. The first-order valence-corrected chi connectivity index (χ1v) is 8.61. The number of carbonyl (C=O) groups excluding carboxylic acids is 1. The predicted molar refractivity (Wildman–Crippen MR) is 104 cm³/mol. The van der Waals surface area contributed by atoms with Crippen LogP contribution in [0.5, 0.6) is 5.75 Å². The zero-order valence-electron chi connectivity index (χ0n) is 14.6. The normalized spacial score (nSPS) is 11.7. The number of aromatic nitrogens is 1. The van der Waals surface area contributed by atoms with Gasteiger partial charge in [-0.3, -0.25) is 9.78 Å². The van der Waals surface area contributed by atoms with Gasteiger partial charge in [0, 0.05) is 18.0 Å². The smallest absolute Gasteiger partial charge is 0.253 e. The summed E-state index contributed by atoms with van der Waals surface area (Å²) in [5.74, 6) is 0.508. The van der Waals surface area contributed by atoms with Crippen LogP contribution in [0.15, 0.2) is 67.0 Å². The third-order valence-electron chi connectivity index (χ3n) is 4.18. The molecule has 1 atom stereocenters. The van der Waals surface area contributed by atoms with Gasteiger partial charge >= 0.3 is 0 Å². The van der Waals surface area contributed by atoms with E-state index in [1.807, 2.05) is 49.4 Å². The maximum atomic E-state index is 12.7. The van der Waals surface area contributed by atoms with Gasteiger partial charge < -0.3 is 10.1 Å². The molecular formula is C21H19ClN2O2. The second-order valence-electron chi connectivity index (χ2n) is 5.87. The van der Waals surface area contributed by atoms with Crippen LogP contribution in [0.1, 0.15) is 28.9 Å². The van der Waals surface area contributed by atoms with Crippen LogP contribution >= 0.6 is 11.6 Å². The Hall–Kier alpha value is -2.85. The lowest BCUT2D eigenvalue weighted by molar-refractivity contribution is 0.0939. The molecule has 1 heterocycles. The van der Waals surface area contributed by atoms with Crippen molar-refractivity contribution in [1.82, 2.24) is 10.3 Å². The fourth-order valence-electron chi connectivity index (χ4n) is 2.80. The van der Waals surface area contributed by atoms with Crippen molar-refractivity contribution in [2.45, 2.75) is 13.0 Å². The molecule has 0 fully saturated rings. The number of hydrogen-bond acceptors (Lipinski definition) is 3. The maximum Gasteiger partial charge on any atom is 0.253 e. The number of pyridine rings is 1. The van der Waals surface area contributed by atoms with Gasteiger partial charge in [-0.05, 0) is 48.4 Å². The average Bonchev–Trinajstić information content (AvgIpc) is 2.68. The largest absolute Gasteiger partial charge is 0.496 e. The Morgan fingerprint density at radius 1 is 1.08 bits per heavy atom. The molecule has 0 spiro atoms. The highest BCUT2D eigenvalue weighted by Gasteiger charge is 2.17. The molecule has 132 valence electrons. The Labute approximate surface area is 157 Å². The molecule has 0 unspecified atom stereocenters. The molecule has 1 N–H and O–H groups in total. The fraction of sp³-hybridized carbons (Fsp3) is 0.143. The Bertz CT molecular complexity index is 913. The highest BCUT2D eigenvalue weighted by Crippen LogP contribution is 2.27. The molecule has 0 aliphatic carbocycles. The van der Waals surface area contributed by atoms with E-state index in [1.54, 1.807) is 31.6 Å². The number of methoxy groups -OCH3 is 1. The SMILES string of the molecule is COc1ccccc1[C@@H](C)NC(=O)c1ccc(-c2ccncc2)cc1Cl. The van der Waals surface area contributed by atoms with Crippen molar-refractivity contribution in [3.8, 4) is 16.9 Å². The van der Waals surface area contributed by atoms with Crippen LogP contribution in [0.2, 0.25) is 5.02 Å². The van der Waals surface area contributed by atoms with Crippen molar-refractivity contribution in [1.29, 1.82) is 0 Å². The van der Waals surface area contributed by atoms with Gasteiger partial charge in [-0.1, -0.05) is 35.9 Å². The number of amides is 1. The lowest BCUT2D eigenvalue weighted by Crippen LogP contribution is -2.27. The third kappa shape index (κ3) is 3.86. The molecule has 5 heteroatoms. The first kappa shape index (κ1) is 18.0. The number of halogens is 1. The summed E-state index contributed by atoms with van der Waals surface area (Å²) in [5.41, 5.74) is 3.28. The van der Waals surface area contributed by atoms with Gasteiger partial charge in [-0.15, -0.1) is 0 Å². The molecule has 0 saturated heterocycles. The molecule has 1 amide bonds. The van der Waals surface area contributed by atoms with Gasteiger partial charge in [0.25, 0.3) is 5.91 Å². The molecule has 3 aromatic rings. The topological polar surface area (TPSA) is 51.2 Å². The second kappa shape index (κ2) is 8.02. The highest BCUT2D eigenvalue weighted by molar-refractivity contribution is 6.34. The van der Waals surface area contributed by atoms with E-state index >= 15 is 0 Å². The zero-order valence-corrected chi connectivity index (χ0v) is 15.3. The van der Waals surface area contributed by atoms with Crippen LogP contribution in [0.4, 0.5) is 0 Å². The number of hydrogen-bond donors (Lipinski definition) is 1. The molecule has 0 bridgehead atoms. The summed E-state index contributed by atoms with van der Waals surface area (Å²) in [4.78, 5) is 16.7. The average molecular weight is 367 g/mol. The van der Waals surface area contributed by atoms with Crippen molar-refractivity contribution in [3.63, 3.8) is 0 Å². The van der Waals surface area contributed by atoms with E-state index in [0.29, 0.717) is 10.6 Å². The first-order valence-electron chi connectivity index (χ1n) is 8.24. The molecule has 3 rings (SSSR count). The lowest BCUT2D eigenvalue weighted by Gasteiger charge is -2.18. The van der Waals surface area contributed by atoms with Crippen molar-refractivity contribution < 1.29 is 9.53 Å². The van der Waals surface area contributed by atoms with Gasteiger partial charge in [-0.25, -0.2) is 0 Å². The number of benzene rings is 2. The van der Waals surface area contributed by atoms with E-state index in [0.717, 1.165) is 22.4 Å². The van der Waals surface area contributed by atoms with E-state index < -0.39 is 0 Å². The van der Waals surface area contributed by atoms with Gasteiger partial charge in [0.05, 0.1) is 23.7 Å². The van der Waals surface area contributed by atoms with E-state index in [1.165, 1.54) is 0 Å². The summed E-state index contributed by atoms with van der Waals surface area (Å²) in [6.07, 6.45) is 3.44. The highest BCUT2D eigenvalue weighted by atomic mass is 35.5. The van der Waals surface area contributed by atoms with Gasteiger partial charge in [0.15, 0.2) is 0 Å². The van der Waals surface area contributed by atoms with Crippen LogP contribution in [0, 0.1) is 0 Å². The van der Waals surface area contributed by atoms with Crippen molar-refractivity contribution in [2.24, 2.45) is 0 Å². The summed E-state index contributed by atoms with van der Waals surface area (Å²) in [6, 6.07) is 16.6. The van der Waals surface area contributed by atoms with Crippen LogP contribution in [-0.2, 0) is 0 Å². The minimum atomic E-state index is -0.227. The van der Waals surface area contributed by atoms with E-state index in [-0.39, 0.29) is 11.9 Å². The molecule has 0 aliphatic rings. The molecule has 26 heavy (non-hydrogen) atoms.